The van der Waals surface area contributed by atoms with Gasteiger partial charge in [0.25, 0.3) is 0 Å². The van der Waals surface area contributed by atoms with Crippen LogP contribution in [-0.2, 0) is 0 Å². The molecule has 0 atom stereocenters. The maximum atomic E-state index is 4.68. The van der Waals surface area contributed by atoms with Crippen LogP contribution in [0.25, 0.3) is 28.0 Å². The van der Waals surface area contributed by atoms with Crippen molar-refractivity contribution in [3.63, 3.8) is 0 Å². The van der Waals surface area contributed by atoms with Gasteiger partial charge in [-0.15, -0.1) is 0 Å². The Hall–Kier alpha value is -2.62. The van der Waals surface area contributed by atoms with Crippen molar-refractivity contribution in [1.29, 1.82) is 0 Å². The van der Waals surface area contributed by atoms with Gasteiger partial charge in [-0.2, -0.15) is 0 Å². The van der Waals surface area contributed by atoms with Gasteiger partial charge in [-0.05, 0) is 43.7 Å². The van der Waals surface area contributed by atoms with Crippen LogP contribution in [0.1, 0.15) is 19.4 Å². The van der Waals surface area contributed by atoms with Gasteiger partial charge >= 0.3 is 0 Å². The summed E-state index contributed by atoms with van der Waals surface area (Å²) in [6, 6.07) is 8.25. The van der Waals surface area contributed by atoms with Crippen molar-refractivity contribution in [2.24, 2.45) is 0 Å². The summed E-state index contributed by atoms with van der Waals surface area (Å²) in [5, 5.41) is 3.45. The Kier molecular flexibility index (Phi) is 2.57. The molecule has 0 spiro atoms. The Morgan fingerprint density at radius 2 is 2.14 bits per heavy atom. The fourth-order valence-corrected chi connectivity index (χ4v) is 2.82. The van der Waals surface area contributed by atoms with Crippen LogP contribution in [0, 0.1) is 0 Å². The average Bonchev–Trinajstić information content (AvgIpc) is 3.08. The first kappa shape index (κ1) is 12.1. The zero-order chi connectivity index (χ0) is 14.4. The Morgan fingerprint density at radius 1 is 1.24 bits per heavy atom. The Labute approximate surface area is 122 Å². The second-order valence-electron chi connectivity index (χ2n) is 5.57. The lowest BCUT2D eigenvalue weighted by molar-refractivity contribution is 1.27. The maximum absolute atomic E-state index is 4.68. The fraction of sp³-hybridized carbons (Fsp3) is 0.176. The van der Waals surface area contributed by atoms with E-state index in [2.05, 4.69) is 46.2 Å². The summed E-state index contributed by atoms with van der Waals surface area (Å²) < 4.78 is 0. The monoisotopic (exact) mass is 276 g/mol. The van der Waals surface area contributed by atoms with Gasteiger partial charge in [0.2, 0.25) is 0 Å². The van der Waals surface area contributed by atoms with Gasteiger partial charge < -0.3 is 10.3 Å². The summed E-state index contributed by atoms with van der Waals surface area (Å²) in [5.41, 5.74) is 8.23. The van der Waals surface area contributed by atoms with E-state index in [1.165, 1.54) is 22.4 Å². The van der Waals surface area contributed by atoms with E-state index in [1.54, 1.807) is 6.20 Å². The normalized spacial score (nSPS) is 13.3. The lowest BCUT2D eigenvalue weighted by Crippen LogP contribution is -1.92. The molecular weight excluding hydrogens is 260 g/mol. The van der Waals surface area contributed by atoms with Gasteiger partial charge in [0.05, 0.1) is 11.0 Å². The van der Waals surface area contributed by atoms with Crippen molar-refractivity contribution in [2.45, 2.75) is 13.8 Å². The smallest absolute Gasteiger partial charge is 0.140 e. The highest BCUT2D eigenvalue weighted by Gasteiger charge is 2.18. The van der Waals surface area contributed by atoms with Gasteiger partial charge in [-0.1, -0.05) is 5.57 Å². The SMILES string of the molecule is CC(C)=C1CNc2cc3nc(-c4cccnc4)[nH]c3cc21. The average molecular weight is 276 g/mol. The van der Waals surface area contributed by atoms with Crippen LogP contribution in [-0.4, -0.2) is 21.5 Å². The standard InChI is InChI=1S/C17H16N4/c1-10(2)13-9-19-14-7-16-15(6-12(13)14)20-17(21-16)11-4-3-5-18-8-11/h3-8,19H,9H2,1-2H3,(H,20,21). The second-order valence-corrected chi connectivity index (χ2v) is 5.57. The number of benzene rings is 1. The van der Waals surface area contributed by atoms with Crippen molar-refractivity contribution in [3.8, 4) is 11.4 Å². The van der Waals surface area contributed by atoms with Crippen LogP contribution in [0.5, 0.6) is 0 Å². The molecule has 0 unspecified atom stereocenters. The summed E-state index contributed by atoms with van der Waals surface area (Å²) in [6.45, 7) is 5.22. The molecule has 0 saturated carbocycles. The number of imidazole rings is 1. The largest absolute Gasteiger partial charge is 0.380 e. The quantitative estimate of drug-likeness (QED) is 0.710. The number of hydrogen-bond donors (Lipinski definition) is 2. The first-order valence-corrected chi connectivity index (χ1v) is 7.07. The summed E-state index contributed by atoms with van der Waals surface area (Å²) in [4.78, 5) is 12.2. The molecule has 2 aromatic heterocycles. The molecule has 0 radical (unpaired) electrons. The molecule has 1 aliphatic rings. The predicted octanol–water partition coefficient (Wildman–Crippen LogP) is 3.84. The molecule has 4 nitrogen and oxygen atoms in total. The molecule has 0 amide bonds. The highest BCUT2D eigenvalue weighted by Crippen LogP contribution is 2.36. The molecule has 4 rings (SSSR count). The number of allylic oxidation sites excluding steroid dienone is 1. The Balaban J connectivity index is 1.89. The van der Waals surface area contributed by atoms with E-state index in [-0.39, 0.29) is 0 Å². The molecule has 1 aromatic carbocycles. The number of anilines is 1. The number of aromatic amines is 1. The Bertz CT molecular complexity index is 855. The molecule has 104 valence electrons. The van der Waals surface area contributed by atoms with E-state index in [4.69, 9.17) is 0 Å². The van der Waals surface area contributed by atoms with Crippen LogP contribution in [0.4, 0.5) is 5.69 Å². The molecule has 0 fully saturated rings. The van der Waals surface area contributed by atoms with Crippen LogP contribution in [0.2, 0.25) is 0 Å². The van der Waals surface area contributed by atoms with Crippen LogP contribution < -0.4 is 5.32 Å². The molecule has 0 saturated heterocycles. The third-order valence-corrected chi connectivity index (χ3v) is 3.94. The van der Waals surface area contributed by atoms with E-state index >= 15 is 0 Å². The fourth-order valence-electron chi connectivity index (χ4n) is 2.82. The van der Waals surface area contributed by atoms with E-state index in [1.807, 2.05) is 18.3 Å². The van der Waals surface area contributed by atoms with Gasteiger partial charge in [-0.25, -0.2) is 4.98 Å². The van der Waals surface area contributed by atoms with Gasteiger partial charge in [0.15, 0.2) is 0 Å². The first-order valence-electron chi connectivity index (χ1n) is 7.07. The summed E-state index contributed by atoms with van der Waals surface area (Å²) >= 11 is 0. The second kappa shape index (κ2) is 4.45. The third kappa shape index (κ3) is 1.91. The molecule has 4 heteroatoms. The van der Waals surface area contributed by atoms with Crippen molar-refractivity contribution >= 4 is 22.3 Å². The van der Waals surface area contributed by atoms with Gasteiger partial charge in [0.1, 0.15) is 5.82 Å². The Morgan fingerprint density at radius 3 is 2.90 bits per heavy atom. The number of H-pyrrole nitrogens is 1. The zero-order valence-corrected chi connectivity index (χ0v) is 12.1. The molecular formula is C17H16N4. The topological polar surface area (TPSA) is 53.6 Å². The molecule has 21 heavy (non-hydrogen) atoms. The molecule has 1 aliphatic heterocycles. The lowest BCUT2D eigenvalue weighted by Gasteiger charge is -2.01. The number of nitrogens with one attached hydrogen (secondary N) is 2. The number of hydrogen-bond acceptors (Lipinski definition) is 3. The molecule has 3 heterocycles. The first-order chi connectivity index (χ1) is 10.2. The predicted molar refractivity (Wildman–Crippen MR) is 86.1 cm³/mol. The summed E-state index contributed by atoms with van der Waals surface area (Å²) in [7, 11) is 0. The summed E-state index contributed by atoms with van der Waals surface area (Å²) in [6.07, 6.45) is 3.59. The molecule has 0 bridgehead atoms. The van der Waals surface area contributed by atoms with E-state index in [0.29, 0.717) is 0 Å². The van der Waals surface area contributed by atoms with Gasteiger partial charge in [-0.3, -0.25) is 4.98 Å². The lowest BCUT2D eigenvalue weighted by atomic mass is 10.0. The van der Waals surface area contributed by atoms with Crippen LogP contribution in [0.15, 0.2) is 42.2 Å². The zero-order valence-electron chi connectivity index (χ0n) is 12.1. The van der Waals surface area contributed by atoms with Crippen molar-refractivity contribution in [3.05, 3.63) is 47.8 Å². The highest BCUT2D eigenvalue weighted by atomic mass is 14.9. The minimum Gasteiger partial charge on any atom is -0.380 e. The molecule has 0 aliphatic carbocycles. The highest BCUT2D eigenvalue weighted by molar-refractivity contribution is 5.94. The van der Waals surface area contributed by atoms with E-state index < -0.39 is 0 Å². The maximum Gasteiger partial charge on any atom is 0.140 e. The number of fused-ring (bicyclic) bond motifs is 2. The van der Waals surface area contributed by atoms with Crippen LogP contribution in [0.3, 0.4) is 0 Å². The molecule has 2 N–H and O–H groups in total. The number of pyridine rings is 1. The number of aromatic nitrogens is 3. The minimum absolute atomic E-state index is 0.862. The third-order valence-electron chi connectivity index (χ3n) is 3.94. The number of rotatable bonds is 1. The van der Waals surface area contributed by atoms with Gasteiger partial charge in [0, 0.05) is 35.8 Å². The van der Waals surface area contributed by atoms with Crippen molar-refractivity contribution < 1.29 is 0 Å². The van der Waals surface area contributed by atoms with Crippen LogP contribution >= 0.6 is 0 Å². The minimum atomic E-state index is 0.862. The van der Waals surface area contributed by atoms with E-state index in [9.17, 15) is 0 Å². The molecule has 3 aromatic rings. The van der Waals surface area contributed by atoms with Crippen molar-refractivity contribution in [1.82, 2.24) is 15.0 Å². The summed E-state index contributed by atoms with van der Waals surface area (Å²) in [5.74, 6) is 0.862. The van der Waals surface area contributed by atoms with E-state index in [0.717, 1.165) is 29.0 Å². The number of nitrogens with zero attached hydrogens (tertiary/aromatic N) is 2. The van der Waals surface area contributed by atoms with Crippen molar-refractivity contribution in [2.75, 3.05) is 11.9 Å².